The zero-order chi connectivity index (χ0) is 20.8. The van der Waals surface area contributed by atoms with Crippen molar-refractivity contribution in [3.05, 3.63) is 46.3 Å². The monoisotopic (exact) mass is 400 g/mol. The Morgan fingerprint density at radius 3 is 2.52 bits per heavy atom. The summed E-state index contributed by atoms with van der Waals surface area (Å²) in [5, 5.41) is 13.9. The SMILES string of the molecule is CCOC(=O)CN1CCN(c2cc(Nc3ccc([N+](=O)[O-])cc3)nc(C)n2)CC1. The minimum absolute atomic E-state index is 0.0378. The Kier molecular flexibility index (Phi) is 6.55. The molecule has 154 valence electrons. The van der Waals surface area contributed by atoms with Gasteiger partial charge in [-0.05, 0) is 26.0 Å². The second kappa shape index (κ2) is 9.28. The predicted molar refractivity (Wildman–Crippen MR) is 108 cm³/mol. The molecule has 1 aliphatic heterocycles. The molecule has 1 N–H and O–H groups in total. The number of esters is 1. The van der Waals surface area contributed by atoms with E-state index in [-0.39, 0.29) is 11.7 Å². The summed E-state index contributed by atoms with van der Waals surface area (Å²) in [5.74, 6) is 1.85. The lowest BCUT2D eigenvalue weighted by atomic mass is 10.2. The van der Waals surface area contributed by atoms with Crippen LogP contribution < -0.4 is 10.2 Å². The average Bonchev–Trinajstić information content (AvgIpc) is 2.68. The van der Waals surface area contributed by atoms with Crippen LogP contribution in [-0.4, -0.2) is 65.1 Å². The lowest BCUT2D eigenvalue weighted by Crippen LogP contribution is -2.48. The van der Waals surface area contributed by atoms with Crippen LogP contribution in [0.25, 0.3) is 0 Å². The third-order valence-electron chi connectivity index (χ3n) is 4.53. The highest BCUT2D eigenvalue weighted by Gasteiger charge is 2.21. The molecule has 0 bridgehead atoms. The molecule has 1 fully saturated rings. The first kappa shape index (κ1) is 20.5. The molecule has 0 unspecified atom stereocenters. The molecule has 2 heterocycles. The van der Waals surface area contributed by atoms with E-state index in [0.29, 0.717) is 30.5 Å². The van der Waals surface area contributed by atoms with Gasteiger partial charge in [-0.15, -0.1) is 0 Å². The van der Waals surface area contributed by atoms with Gasteiger partial charge in [-0.1, -0.05) is 0 Å². The first-order valence-electron chi connectivity index (χ1n) is 9.44. The van der Waals surface area contributed by atoms with Gasteiger partial charge in [0.25, 0.3) is 5.69 Å². The molecular weight excluding hydrogens is 376 g/mol. The molecule has 1 aliphatic rings. The number of ether oxygens (including phenoxy) is 1. The van der Waals surface area contributed by atoms with E-state index >= 15 is 0 Å². The number of nitrogens with one attached hydrogen (secondary N) is 1. The Bertz CT molecular complexity index is 866. The highest BCUT2D eigenvalue weighted by atomic mass is 16.6. The molecule has 2 aromatic rings. The molecule has 0 aliphatic carbocycles. The Hall–Kier alpha value is -3.27. The van der Waals surface area contributed by atoms with E-state index in [4.69, 9.17) is 4.74 Å². The molecule has 0 radical (unpaired) electrons. The number of piperazine rings is 1. The number of hydrogen-bond donors (Lipinski definition) is 1. The van der Waals surface area contributed by atoms with Gasteiger partial charge in [0, 0.05) is 50.1 Å². The normalized spacial score (nSPS) is 14.5. The summed E-state index contributed by atoms with van der Waals surface area (Å²) >= 11 is 0. The maximum absolute atomic E-state index is 11.6. The number of hydrogen-bond acceptors (Lipinski definition) is 9. The summed E-state index contributed by atoms with van der Waals surface area (Å²) in [7, 11) is 0. The van der Waals surface area contributed by atoms with Crippen molar-refractivity contribution in [2.75, 3.05) is 49.5 Å². The van der Waals surface area contributed by atoms with E-state index in [1.807, 2.05) is 13.0 Å². The number of carbonyl (C=O) groups is 1. The Morgan fingerprint density at radius 1 is 1.21 bits per heavy atom. The number of rotatable bonds is 7. The molecule has 0 atom stereocenters. The van der Waals surface area contributed by atoms with Gasteiger partial charge in [-0.2, -0.15) is 0 Å². The van der Waals surface area contributed by atoms with Gasteiger partial charge in [0.15, 0.2) is 0 Å². The Balaban J connectivity index is 1.63. The van der Waals surface area contributed by atoms with E-state index in [1.165, 1.54) is 12.1 Å². The topological polar surface area (TPSA) is 114 Å². The van der Waals surface area contributed by atoms with Crippen LogP contribution in [0.3, 0.4) is 0 Å². The van der Waals surface area contributed by atoms with Crippen LogP contribution in [-0.2, 0) is 9.53 Å². The molecular formula is C19H24N6O4. The van der Waals surface area contributed by atoms with Gasteiger partial charge < -0.3 is 15.0 Å². The number of aryl methyl sites for hydroxylation is 1. The maximum atomic E-state index is 11.6. The smallest absolute Gasteiger partial charge is 0.320 e. The fourth-order valence-corrected chi connectivity index (χ4v) is 3.12. The fourth-order valence-electron chi connectivity index (χ4n) is 3.12. The number of benzene rings is 1. The van der Waals surface area contributed by atoms with E-state index in [2.05, 4.69) is 25.1 Å². The summed E-state index contributed by atoms with van der Waals surface area (Å²) in [6.45, 7) is 7.29. The second-order valence-corrected chi connectivity index (χ2v) is 6.66. The molecule has 1 aromatic heterocycles. The summed E-state index contributed by atoms with van der Waals surface area (Å²) in [6.07, 6.45) is 0. The molecule has 1 aromatic carbocycles. The summed E-state index contributed by atoms with van der Waals surface area (Å²) in [4.78, 5) is 35.1. The number of nitrogens with zero attached hydrogens (tertiary/aromatic N) is 5. The van der Waals surface area contributed by atoms with Crippen molar-refractivity contribution in [2.45, 2.75) is 13.8 Å². The van der Waals surface area contributed by atoms with Crippen LogP contribution in [0, 0.1) is 17.0 Å². The number of anilines is 3. The van der Waals surface area contributed by atoms with E-state index in [0.717, 1.165) is 32.0 Å². The van der Waals surface area contributed by atoms with Crippen molar-refractivity contribution in [1.82, 2.24) is 14.9 Å². The van der Waals surface area contributed by atoms with Gasteiger partial charge in [-0.3, -0.25) is 19.8 Å². The lowest BCUT2D eigenvalue weighted by Gasteiger charge is -2.35. The van der Waals surface area contributed by atoms with Gasteiger partial charge >= 0.3 is 5.97 Å². The molecule has 3 rings (SSSR count). The van der Waals surface area contributed by atoms with Crippen molar-refractivity contribution in [2.24, 2.45) is 0 Å². The maximum Gasteiger partial charge on any atom is 0.320 e. The lowest BCUT2D eigenvalue weighted by molar-refractivity contribution is -0.384. The fraction of sp³-hybridized carbons (Fsp3) is 0.421. The minimum atomic E-state index is -0.432. The third kappa shape index (κ3) is 5.61. The van der Waals surface area contributed by atoms with E-state index in [9.17, 15) is 14.9 Å². The van der Waals surface area contributed by atoms with E-state index in [1.54, 1.807) is 19.1 Å². The summed E-state index contributed by atoms with van der Waals surface area (Å²) in [5.41, 5.74) is 0.745. The van der Waals surface area contributed by atoms with Crippen molar-refractivity contribution in [3.8, 4) is 0 Å². The highest BCUT2D eigenvalue weighted by Crippen LogP contribution is 2.22. The summed E-state index contributed by atoms with van der Waals surface area (Å²) < 4.78 is 5.00. The third-order valence-corrected chi connectivity index (χ3v) is 4.53. The molecule has 0 saturated carbocycles. The molecule has 1 saturated heterocycles. The van der Waals surface area contributed by atoms with Crippen LogP contribution in [0.5, 0.6) is 0 Å². The van der Waals surface area contributed by atoms with Crippen molar-refractivity contribution in [3.63, 3.8) is 0 Å². The number of carbonyl (C=O) groups excluding carboxylic acids is 1. The summed E-state index contributed by atoms with van der Waals surface area (Å²) in [6, 6.07) is 8.03. The number of nitro groups is 1. The molecule has 10 heteroatoms. The molecule has 10 nitrogen and oxygen atoms in total. The Morgan fingerprint density at radius 2 is 1.90 bits per heavy atom. The number of non-ortho nitro benzene ring substituents is 1. The van der Waals surface area contributed by atoms with E-state index < -0.39 is 4.92 Å². The largest absolute Gasteiger partial charge is 0.465 e. The van der Waals surface area contributed by atoms with Gasteiger partial charge in [-0.25, -0.2) is 9.97 Å². The van der Waals surface area contributed by atoms with Gasteiger partial charge in [0.2, 0.25) is 0 Å². The van der Waals surface area contributed by atoms with Crippen LogP contribution in [0.15, 0.2) is 30.3 Å². The van der Waals surface area contributed by atoms with Crippen molar-refractivity contribution in [1.29, 1.82) is 0 Å². The zero-order valence-corrected chi connectivity index (χ0v) is 16.5. The Labute approximate surface area is 168 Å². The van der Waals surface area contributed by atoms with Crippen LogP contribution in [0.4, 0.5) is 23.0 Å². The average molecular weight is 400 g/mol. The molecule has 0 spiro atoms. The van der Waals surface area contributed by atoms with Gasteiger partial charge in [0.1, 0.15) is 17.5 Å². The zero-order valence-electron chi connectivity index (χ0n) is 16.5. The van der Waals surface area contributed by atoms with Crippen LogP contribution in [0.2, 0.25) is 0 Å². The van der Waals surface area contributed by atoms with Crippen LogP contribution in [0.1, 0.15) is 12.7 Å². The quantitative estimate of drug-likeness (QED) is 0.424. The second-order valence-electron chi connectivity index (χ2n) is 6.66. The first-order valence-corrected chi connectivity index (χ1v) is 9.44. The number of aromatic nitrogens is 2. The first-order chi connectivity index (χ1) is 13.9. The minimum Gasteiger partial charge on any atom is -0.465 e. The van der Waals surface area contributed by atoms with Crippen LogP contribution >= 0.6 is 0 Å². The standard InChI is InChI=1S/C19H24N6O4/c1-3-29-19(26)13-23-8-10-24(11-9-23)18-12-17(20-14(2)21-18)22-15-4-6-16(7-5-15)25(27)28/h4-7,12H,3,8-11,13H2,1-2H3,(H,20,21,22). The highest BCUT2D eigenvalue weighted by molar-refractivity contribution is 5.71. The number of nitro benzene ring substituents is 1. The van der Waals surface area contributed by atoms with Crippen molar-refractivity contribution >= 4 is 29.0 Å². The van der Waals surface area contributed by atoms with Crippen molar-refractivity contribution < 1.29 is 14.5 Å². The predicted octanol–water partition coefficient (Wildman–Crippen LogP) is 2.12. The molecule has 0 amide bonds. The van der Waals surface area contributed by atoms with Gasteiger partial charge in [0.05, 0.1) is 18.1 Å². The molecule has 29 heavy (non-hydrogen) atoms.